The van der Waals surface area contributed by atoms with Crippen molar-refractivity contribution in [2.45, 2.75) is 38.7 Å². The van der Waals surface area contributed by atoms with Gasteiger partial charge in [-0.1, -0.05) is 30.3 Å². The molecule has 1 N–H and O–H groups in total. The Hall–Kier alpha value is -1.56. The van der Waals surface area contributed by atoms with Crippen LogP contribution >= 0.6 is 0 Å². The quantitative estimate of drug-likeness (QED) is 0.869. The van der Waals surface area contributed by atoms with E-state index in [1.54, 1.807) is 6.07 Å². The lowest BCUT2D eigenvalue weighted by Gasteiger charge is -2.28. The zero-order chi connectivity index (χ0) is 15.6. The Kier molecular flexibility index (Phi) is 4.81. The summed E-state index contributed by atoms with van der Waals surface area (Å²) in [7, 11) is 0. The molecular weight excluding hydrogens is 273 g/mol. The fourth-order valence-corrected chi connectivity index (χ4v) is 1.65. The van der Waals surface area contributed by atoms with Crippen LogP contribution in [0, 0.1) is 5.92 Å². The number of carbonyl (C=O) groups is 1. The Morgan fingerprint density at radius 1 is 1.15 bits per heavy atom. The molecule has 0 saturated carbocycles. The summed E-state index contributed by atoms with van der Waals surface area (Å²) in [5.74, 6) is -4.09. The number of alkyl halides is 3. The van der Waals surface area contributed by atoms with Gasteiger partial charge < -0.3 is 9.84 Å². The minimum absolute atomic E-state index is 0.0145. The van der Waals surface area contributed by atoms with Crippen molar-refractivity contribution in [2.24, 2.45) is 5.92 Å². The van der Waals surface area contributed by atoms with Crippen LogP contribution in [0.1, 0.15) is 32.4 Å². The molecule has 0 bridgehead atoms. The monoisotopic (exact) mass is 290 g/mol. The van der Waals surface area contributed by atoms with Crippen LogP contribution < -0.4 is 0 Å². The van der Waals surface area contributed by atoms with Crippen LogP contribution in [0.5, 0.6) is 0 Å². The fourth-order valence-electron chi connectivity index (χ4n) is 1.65. The van der Waals surface area contributed by atoms with Gasteiger partial charge in [-0.15, -0.1) is 0 Å². The standard InChI is InChI=1S/C14H17F3O3/c1-13(2,3)20-12(19)10(14(15,16)17)11(18)9-7-5-4-6-8-9/h4-8,10-11,18H,1-3H3/t10-,11-/m1/s1. The van der Waals surface area contributed by atoms with E-state index >= 15 is 0 Å². The number of rotatable bonds is 3. The van der Waals surface area contributed by atoms with Gasteiger partial charge in [0.15, 0.2) is 5.92 Å². The summed E-state index contributed by atoms with van der Waals surface area (Å²) in [5, 5.41) is 9.86. The van der Waals surface area contributed by atoms with Crippen molar-refractivity contribution >= 4 is 5.97 Å². The number of esters is 1. The summed E-state index contributed by atoms with van der Waals surface area (Å²) in [5.41, 5.74) is -1.04. The molecule has 1 rings (SSSR count). The highest BCUT2D eigenvalue weighted by Gasteiger charge is 2.51. The number of hydrogen-bond acceptors (Lipinski definition) is 3. The van der Waals surface area contributed by atoms with E-state index in [1.165, 1.54) is 45.0 Å². The molecule has 0 spiro atoms. The number of benzene rings is 1. The lowest BCUT2D eigenvalue weighted by Crippen LogP contribution is -2.40. The second-order valence-corrected chi connectivity index (χ2v) is 5.41. The number of carbonyl (C=O) groups excluding carboxylic acids is 1. The Labute approximate surface area is 115 Å². The molecule has 0 aliphatic carbocycles. The minimum Gasteiger partial charge on any atom is -0.459 e. The average Bonchev–Trinajstić information content (AvgIpc) is 2.25. The van der Waals surface area contributed by atoms with Crippen LogP contribution in [0.2, 0.25) is 0 Å². The number of aliphatic hydroxyl groups excluding tert-OH is 1. The van der Waals surface area contributed by atoms with Crippen LogP contribution in [0.15, 0.2) is 30.3 Å². The van der Waals surface area contributed by atoms with Crippen molar-refractivity contribution in [1.29, 1.82) is 0 Å². The fraction of sp³-hybridized carbons (Fsp3) is 0.500. The molecule has 0 aliphatic rings. The molecule has 0 unspecified atom stereocenters. The van der Waals surface area contributed by atoms with Gasteiger partial charge in [-0.25, -0.2) is 0 Å². The van der Waals surface area contributed by atoms with Crippen molar-refractivity contribution in [1.82, 2.24) is 0 Å². The van der Waals surface area contributed by atoms with Crippen LogP contribution in [0.3, 0.4) is 0 Å². The highest BCUT2D eigenvalue weighted by molar-refractivity contribution is 5.74. The molecule has 1 aromatic carbocycles. The molecule has 20 heavy (non-hydrogen) atoms. The normalized spacial score (nSPS) is 15.6. The van der Waals surface area contributed by atoms with Gasteiger partial charge in [-0.2, -0.15) is 13.2 Å². The maximum absolute atomic E-state index is 13.0. The third-order valence-corrected chi connectivity index (χ3v) is 2.47. The van der Waals surface area contributed by atoms with Crippen molar-refractivity contribution in [3.05, 3.63) is 35.9 Å². The lowest BCUT2D eigenvalue weighted by atomic mass is 9.95. The molecular formula is C14H17F3O3. The van der Waals surface area contributed by atoms with E-state index in [1.807, 2.05) is 0 Å². The molecule has 112 valence electrons. The topological polar surface area (TPSA) is 46.5 Å². The first-order chi connectivity index (χ1) is 9.02. The van der Waals surface area contributed by atoms with E-state index in [-0.39, 0.29) is 5.56 Å². The van der Waals surface area contributed by atoms with Gasteiger partial charge in [0.25, 0.3) is 0 Å². The van der Waals surface area contributed by atoms with Crippen molar-refractivity contribution in [3.63, 3.8) is 0 Å². The summed E-state index contributed by atoms with van der Waals surface area (Å²) >= 11 is 0. The molecule has 3 nitrogen and oxygen atoms in total. The van der Waals surface area contributed by atoms with Crippen LogP contribution in [-0.4, -0.2) is 22.9 Å². The second kappa shape index (κ2) is 5.83. The molecule has 1 aromatic rings. The Morgan fingerprint density at radius 3 is 2.05 bits per heavy atom. The first kappa shape index (κ1) is 16.5. The minimum atomic E-state index is -4.89. The first-order valence-corrected chi connectivity index (χ1v) is 6.05. The second-order valence-electron chi connectivity index (χ2n) is 5.41. The van der Waals surface area contributed by atoms with Crippen molar-refractivity contribution in [3.8, 4) is 0 Å². The largest absolute Gasteiger partial charge is 0.459 e. The zero-order valence-electron chi connectivity index (χ0n) is 11.4. The molecule has 0 fully saturated rings. The number of halogens is 3. The molecule has 0 saturated heterocycles. The van der Waals surface area contributed by atoms with Crippen LogP contribution in [-0.2, 0) is 9.53 Å². The van der Waals surface area contributed by atoms with Gasteiger partial charge in [0, 0.05) is 0 Å². The van der Waals surface area contributed by atoms with Gasteiger partial charge >= 0.3 is 12.1 Å². The van der Waals surface area contributed by atoms with Gasteiger partial charge in [0.05, 0.1) is 0 Å². The van der Waals surface area contributed by atoms with Gasteiger partial charge in [-0.05, 0) is 26.3 Å². The summed E-state index contributed by atoms with van der Waals surface area (Å²) in [6.45, 7) is 4.40. The maximum atomic E-state index is 13.0. The summed E-state index contributed by atoms with van der Waals surface area (Å²) < 4.78 is 43.8. The predicted octanol–water partition coefficient (Wildman–Crippen LogP) is 3.24. The van der Waals surface area contributed by atoms with Gasteiger partial charge in [0.2, 0.25) is 0 Å². The summed E-state index contributed by atoms with van der Waals surface area (Å²) in [6, 6.07) is 7.23. The van der Waals surface area contributed by atoms with E-state index in [4.69, 9.17) is 4.74 Å². The molecule has 0 amide bonds. The average molecular weight is 290 g/mol. The summed E-state index contributed by atoms with van der Waals surface area (Å²) in [6.07, 6.45) is -6.89. The lowest BCUT2D eigenvalue weighted by molar-refractivity contribution is -0.221. The Balaban J connectivity index is 3.05. The van der Waals surface area contributed by atoms with E-state index in [0.717, 1.165) is 0 Å². The molecule has 0 heterocycles. The highest BCUT2D eigenvalue weighted by atomic mass is 19.4. The number of hydrogen-bond donors (Lipinski definition) is 1. The first-order valence-electron chi connectivity index (χ1n) is 6.05. The maximum Gasteiger partial charge on any atom is 0.405 e. The van der Waals surface area contributed by atoms with Gasteiger partial charge in [-0.3, -0.25) is 4.79 Å². The third kappa shape index (κ3) is 4.52. The van der Waals surface area contributed by atoms with Crippen LogP contribution in [0.4, 0.5) is 13.2 Å². The van der Waals surface area contributed by atoms with Crippen LogP contribution in [0.25, 0.3) is 0 Å². The molecule has 0 aromatic heterocycles. The number of ether oxygens (including phenoxy) is 1. The smallest absolute Gasteiger partial charge is 0.405 e. The zero-order valence-corrected chi connectivity index (χ0v) is 11.4. The Bertz CT molecular complexity index is 449. The highest BCUT2D eigenvalue weighted by Crippen LogP contribution is 2.37. The molecule has 0 radical (unpaired) electrons. The van der Waals surface area contributed by atoms with E-state index in [9.17, 15) is 23.1 Å². The van der Waals surface area contributed by atoms with Crippen molar-refractivity contribution in [2.75, 3.05) is 0 Å². The summed E-state index contributed by atoms with van der Waals surface area (Å²) in [4.78, 5) is 11.7. The van der Waals surface area contributed by atoms with Gasteiger partial charge in [0.1, 0.15) is 11.7 Å². The molecule has 0 aliphatic heterocycles. The molecule has 6 heteroatoms. The van der Waals surface area contributed by atoms with E-state index in [2.05, 4.69) is 0 Å². The number of aliphatic hydroxyl groups is 1. The Morgan fingerprint density at radius 2 is 1.65 bits per heavy atom. The van der Waals surface area contributed by atoms with E-state index in [0.29, 0.717) is 0 Å². The van der Waals surface area contributed by atoms with E-state index < -0.39 is 29.8 Å². The van der Waals surface area contributed by atoms with Crippen molar-refractivity contribution < 1.29 is 27.8 Å². The molecule has 2 atom stereocenters. The predicted molar refractivity (Wildman–Crippen MR) is 66.8 cm³/mol. The SMILES string of the molecule is CC(C)(C)OC(=O)[C@@H]([C@H](O)c1ccccc1)C(F)(F)F. The third-order valence-electron chi connectivity index (χ3n) is 2.47.